The van der Waals surface area contributed by atoms with E-state index in [1.807, 2.05) is 14.0 Å². The zero-order valence-electron chi connectivity index (χ0n) is 16.0. The molecule has 0 aliphatic carbocycles. The second-order valence-corrected chi connectivity index (χ2v) is 8.04. The number of benzene rings is 1. The Morgan fingerprint density at radius 3 is 2.52 bits per heavy atom. The number of sulfonamides is 1. The Hall–Kier alpha value is -2.52. The second kappa shape index (κ2) is 7.61. The van der Waals surface area contributed by atoms with Gasteiger partial charge in [0.2, 0.25) is 10.0 Å². The summed E-state index contributed by atoms with van der Waals surface area (Å²) in [5.74, 6) is 0.791. The van der Waals surface area contributed by atoms with Gasteiger partial charge in [-0.2, -0.15) is 5.10 Å². The van der Waals surface area contributed by atoms with Crippen molar-refractivity contribution in [1.82, 2.24) is 24.5 Å². The summed E-state index contributed by atoms with van der Waals surface area (Å²) in [5, 5.41) is 5.38. The van der Waals surface area contributed by atoms with Crippen LogP contribution in [0.25, 0.3) is 10.9 Å². The molecule has 1 aromatic carbocycles. The van der Waals surface area contributed by atoms with Crippen molar-refractivity contribution in [3.63, 3.8) is 0 Å². The molecule has 0 aliphatic heterocycles. The molecule has 0 radical (unpaired) electrons. The Balaban J connectivity index is 1.93. The lowest BCUT2D eigenvalue weighted by atomic mass is 10.2. The van der Waals surface area contributed by atoms with Crippen molar-refractivity contribution in [2.45, 2.75) is 32.2 Å². The largest absolute Gasteiger partial charge is 0.355 e. The van der Waals surface area contributed by atoms with E-state index in [1.165, 1.54) is 0 Å². The summed E-state index contributed by atoms with van der Waals surface area (Å²) >= 11 is 0. The van der Waals surface area contributed by atoms with E-state index in [9.17, 15) is 8.42 Å². The molecule has 0 atom stereocenters. The van der Waals surface area contributed by atoms with E-state index in [0.717, 1.165) is 35.5 Å². The van der Waals surface area contributed by atoms with E-state index in [0.29, 0.717) is 5.69 Å². The van der Waals surface area contributed by atoms with Gasteiger partial charge in [0.15, 0.2) is 5.82 Å². The van der Waals surface area contributed by atoms with Crippen LogP contribution < -0.4 is 9.62 Å². The molecule has 27 heavy (non-hydrogen) atoms. The van der Waals surface area contributed by atoms with Crippen molar-refractivity contribution in [3.05, 3.63) is 42.0 Å². The number of aromatic nitrogens is 4. The topological polar surface area (TPSA) is 93.0 Å². The second-order valence-electron chi connectivity index (χ2n) is 6.27. The number of fused-ring (bicyclic) bond motifs is 1. The predicted octanol–water partition coefficient (Wildman–Crippen LogP) is 2.00. The molecule has 0 saturated carbocycles. The maximum atomic E-state index is 12.7. The molecular weight excluding hydrogens is 364 g/mol. The first kappa shape index (κ1) is 19.2. The third-order valence-corrected chi connectivity index (χ3v) is 5.85. The van der Waals surface area contributed by atoms with Crippen LogP contribution in [0.2, 0.25) is 0 Å². The summed E-state index contributed by atoms with van der Waals surface area (Å²) in [5.41, 5.74) is 2.24. The van der Waals surface area contributed by atoms with E-state index in [2.05, 4.69) is 38.5 Å². The fourth-order valence-electron chi connectivity index (χ4n) is 2.91. The quantitative estimate of drug-likeness (QED) is 0.665. The Kier molecular flexibility index (Phi) is 5.43. The number of hydrogen-bond donors (Lipinski definition) is 1. The highest BCUT2D eigenvalue weighted by Gasteiger charge is 2.19. The standard InChI is InChI=1S/C18H24N6O2S/c1-5-24(6-2)18-16-9-15(7-8-17(16)23(4)22-18)27(25,26)21-12-14-11-19-13(3)10-20-14/h7-11,21H,5-6,12H2,1-4H3. The Bertz CT molecular complexity index is 1040. The number of nitrogens with one attached hydrogen (secondary N) is 1. The number of nitrogens with zero attached hydrogens (tertiary/aromatic N) is 5. The zero-order valence-corrected chi connectivity index (χ0v) is 16.8. The van der Waals surface area contributed by atoms with Crippen molar-refractivity contribution in [2.24, 2.45) is 7.05 Å². The van der Waals surface area contributed by atoms with Crippen molar-refractivity contribution < 1.29 is 8.42 Å². The van der Waals surface area contributed by atoms with Gasteiger partial charge in [-0.15, -0.1) is 0 Å². The van der Waals surface area contributed by atoms with Gasteiger partial charge in [-0.05, 0) is 39.0 Å². The first-order valence-corrected chi connectivity index (χ1v) is 10.3. The molecule has 0 fully saturated rings. The van der Waals surface area contributed by atoms with E-state index in [-0.39, 0.29) is 11.4 Å². The molecule has 2 heterocycles. The van der Waals surface area contributed by atoms with E-state index >= 15 is 0 Å². The first-order valence-electron chi connectivity index (χ1n) is 8.84. The fraction of sp³-hybridized carbons (Fsp3) is 0.389. The van der Waals surface area contributed by atoms with Gasteiger partial charge in [0.05, 0.1) is 34.5 Å². The maximum absolute atomic E-state index is 12.7. The van der Waals surface area contributed by atoms with Crippen LogP contribution in [0.4, 0.5) is 5.82 Å². The molecule has 0 spiro atoms. The molecule has 0 bridgehead atoms. The molecule has 1 N–H and O–H groups in total. The van der Waals surface area contributed by atoms with Crippen LogP contribution in [-0.4, -0.2) is 41.3 Å². The van der Waals surface area contributed by atoms with Gasteiger partial charge in [-0.1, -0.05) is 0 Å². The van der Waals surface area contributed by atoms with Gasteiger partial charge in [0.1, 0.15) is 0 Å². The number of rotatable bonds is 7. The minimum atomic E-state index is -3.68. The first-order chi connectivity index (χ1) is 12.9. The average molecular weight is 388 g/mol. The Morgan fingerprint density at radius 2 is 1.89 bits per heavy atom. The number of aryl methyl sites for hydroxylation is 2. The molecule has 144 valence electrons. The summed E-state index contributed by atoms with van der Waals surface area (Å²) in [6, 6.07) is 5.06. The van der Waals surface area contributed by atoms with Crippen LogP contribution in [0.15, 0.2) is 35.5 Å². The summed E-state index contributed by atoms with van der Waals surface area (Å²) in [7, 11) is -1.82. The van der Waals surface area contributed by atoms with Crippen LogP contribution in [0, 0.1) is 6.92 Å². The lowest BCUT2D eigenvalue weighted by molar-refractivity contribution is 0.580. The molecule has 8 nitrogen and oxygen atoms in total. The van der Waals surface area contributed by atoms with Gasteiger partial charge >= 0.3 is 0 Å². The minimum Gasteiger partial charge on any atom is -0.355 e. The van der Waals surface area contributed by atoms with Gasteiger partial charge in [-0.3, -0.25) is 14.6 Å². The lowest BCUT2D eigenvalue weighted by Gasteiger charge is -2.18. The lowest BCUT2D eigenvalue weighted by Crippen LogP contribution is -2.24. The highest BCUT2D eigenvalue weighted by molar-refractivity contribution is 7.89. The van der Waals surface area contributed by atoms with Crippen molar-refractivity contribution >= 4 is 26.7 Å². The Morgan fingerprint density at radius 1 is 1.15 bits per heavy atom. The predicted molar refractivity (Wildman–Crippen MR) is 105 cm³/mol. The molecule has 3 aromatic rings. The highest BCUT2D eigenvalue weighted by atomic mass is 32.2. The highest BCUT2D eigenvalue weighted by Crippen LogP contribution is 2.28. The van der Waals surface area contributed by atoms with E-state index < -0.39 is 10.0 Å². The summed E-state index contributed by atoms with van der Waals surface area (Å²) in [6.07, 6.45) is 3.18. The van der Waals surface area contributed by atoms with Gasteiger partial charge in [0, 0.05) is 31.7 Å². The van der Waals surface area contributed by atoms with Gasteiger partial charge < -0.3 is 4.90 Å². The van der Waals surface area contributed by atoms with Crippen LogP contribution in [0.3, 0.4) is 0 Å². The van der Waals surface area contributed by atoms with E-state index in [4.69, 9.17) is 0 Å². The van der Waals surface area contributed by atoms with Crippen LogP contribution in [0.1, 0.15) is 25.2 Å². The summed E-state index contributed by atoms with van der Waals surface area (Å²) in [6.45, 7) is 7.61. The molecule has 0 aliphatic rings. The third kappa shape index (κ3) is 3.93. The molecule has 0 saturated heterocycles. The Labute approximate surface area is 159 Å². The molecule has 2 aromatic heterocycles. The average Bonchev–Trinajstić information content (AvgIpc) is 2.99. The fourth-order valence-corrected chi connectivity index (χ4v) is 3.94. The zero-order chi connectivity index (χ0) is 19.6. The minimum absolute atomic E-state index is 0.0869. The monoisotopic (exact) mass is 388 g/mol. The van der Waals surface area contributed by atoms with Crippen LogP contribution in [0.5, 0.6) is 0 Å². The van der Waals surface area contributed by atoms with Crippen molar-refractivity contribution in [1.29, 1.82) is 0 Å². The van der Waals surface area contributed by atoms with Gasteiger partial charge in [0.25, 0.3) is 0 Å². The SMILES string of the molecule is CCN(CC)c1nn(C)c2ccc(S(=O)(=O)NCc3cnc(C)cn3)cc12. The van der Waals surface area contributed by atoms with Crippen molar-refractivity contribution in [3.8, 4) is 0 Å². The van der Waals surface area contributed by atoms with Crippen LogP contribution >= 0.6 is 0 Å². The molecular formula is C18H24N6O2S. The summed E-state index contributed by atoms with van der Waals surface area (Å²) < 4.78 is 29.8. The third-order valence-electron chi connectivity index (χ3n) is 4.45. The van der Waals surface area contributed by atoms with E-state index in [1.54, 1.807) is 35.3 Å². The molecule has 0 unspecified atom stereocenters. The number of anilines is 1. The summed E-state index contributed by atoms with van der Waals surface area (Å²) in [4.78, 5) is 10.6. The molecule has 0 amide bonds. The normalized spacial score (nSPS) is 11.9. The van der Waals surface area contributed by atoms with Gasteiger partial charge in [-0.25, -0.2) is 13.1 Å². The maximum Gasteiger partial charge on any atom is 0.240 e. The van der Waals surface area contributed by atoms with Crippen molar-refractivity contribution in [2.75, 3.05) is 18.0 Å². The van der Waals surface area contributed by atoms with Crippen LogP contribution in [-0.2, 0) is 23.6 Å². The smallest absolute Gasteiger partial charge is 0.240 e. The molecule has 3 rings (SSSR count). The molecule has 9 heteroatoms. The number of hydrogen-bond acceptors (Lipinski definition) is 6.